The van der Waals surface area contributed by atoms with Crippen molar-refractivity contribution in [3.63, 3.8) is 0 Å². The molecule has 0 saturated carbocycles. The van der Waals surface area contributed by atoms with Crippen molar-refractivity contribution in [2.75, 3.05) is 5.32 Å². The Hall–Kier alpha value is -3.27. The molecule has 0 radical (unpaired) electrons. The third kappa shape index (κ3) is 5.13. The number of aryl methyl sites for hydroxylation is 2. The van der Waals surface area contributed by atoms with E-state index < -0.39 is 6.10 Å². The van der Waals surface area contributed by atoms with Crippen molar-refractivity contribution in [1.29, 1.82) is 0 Å². The lowest BCUT2D eigenvalue weighted by Crippen LogP contribution is -2.32. The molecule has 1 unspecified atom stereocenters. The SMILES string of the molecule is CCC(Oc1ccc(C)cc1C)C(=O)Nc1ccc(Oc2ccccc2)cc1. The maximum absolute atomic E-state index is 12.6. The summed E-state index contributed by atoms with van der Waals surface area (Å²) in [4.78, 5) is 12.6. The van der Waals surface area contributed by atoms with Crippen LogP contribution in [0.2, 0.25) is 0 Å². The molecule has 4 nitrogen and oxygen atoms in total. The minimum absolute atomic E-state index is 0.167. The quantitative estimate of drug-likeness (QED) is 0.560. The van der Waals surface area contributed by atoms with E-state index in [1.54, 1.807) is 0 Å². The predicted molar refractivity (Wildman–Crippen MR) is 112 cm³/mol. The zero-order valence-electron chi connectivity index (χ0n) is 16.4. The highest BCUT2D eigenvalue weighted by atomic mass is 16.5. The molecule has 3 aromatic rings. The highest BCUT2D eigenvalue weighted by Crippen LogP contribution is 2.24. The van der Waals surface area contributed by atoms with Crippen LogP contribution in [0, 0.1) is 13.8 Å². The fourth-order valence-corrected chi connectivity index (χ4v) is 2.86. The largest absolute Gasteiger partial charge is 0.480 e. The molecule has 28 heavy (non-hydrogen) atoms. The molecule has 0 aromatic heterocycles. The number of anilines is 1. The van der Waals surface area contributed by atoms with E-state index in [1.807, 2.05) is 93.6 Å². The molecule has 0 fully saturated rings. The lowest BCUT2D eigenvalue weighted by atomic mass is 10.1. The van der Waals surface area contributed by atoms with Crippen LogP contribution in [0.15, 0.2) is 72.8 Å². The number of para-hydroxylation sites is 1. The third-order valence-corrected chi connectivity index (χ3v) is 4.36. The molecule has 1 atom stereocenters. The Kier molecular flexibility index (Phi) is 6.33. The zero-order valence-corrected chi connectivity index (χ0v) is 16.4. The Labute approximate surface area is 166 Å². The standard InChI is InChI=1S/C24H25NO3/c1-4-22(28-23-15-10-17(2)16-18(23)3)24(26)25-19-11-13-21(14-12-19)27-20-8-6-5-7-9-20/h5-16,22H,4H2,1-3H3,(H,25,26). The number of benzene rings is 3. The normalized spacial score (nSPS) is 11.5. The first kappa shape index (κ1) is 19.5. The fraction of sp³-hybridized carbons (Fsp3) is 0.208. The second kappa shape index (κ2) is 9.09. The molecule has 4 heteroatoms. The number of ether oxygens (including phenoxy) is 2. The molecule has 3 rings (SSSR count). The van der Waals surface area contributed by atoms with E-state index in [9.17, 15) is 4.79 Å². The first-order valence-corrected chi connectivity index (χ1v) is 9.43. The Morgan fingerprint density at radius 3 is 2.25 bits per heavy atom. The van der Waals surface area contributed by atoms with Crippen LogP contribution in [0.4, 0.5) is 5.69 Å². The molecule has 3 aromatic carbocycles. The van der Waals surface area contributed by atoms with Gasteiger partial charge in [0.05, 0.1) is 0 Å². The van der Waals surface area contributed by atoms with Gasteiger partial charge in [0.1, 0.15) is 17.2 Å². The maximum Gasteiger partial charge on any atom is 0.265 e. The van der Waals surface area contributed by atoms with Gasteiger partial charge in [0, 0.05) is 5.69 Å². The second-order valence-corrected chi connectivity index (χ2v) is 6.71. The number of carbonyl (C=O) groups excluding carboxylic acids is 1. The van der Waals surface area contributed by atoms with Crippen LogP contribution >= 0.6 is 0 Å². The van der Waals surface area contributed by atoms with Gasteiger partial charge in [-0.25, -0.2) is 0 Å². The number of carbonyl (C=O) groups is 1. The number of amides is 1. The Bertz CT molecular complexity index is 920. The predicted octanol–water partition coefficient (Wildman–Crippen LogP) is 5.89. The molecule has 1 N–H and O–H groups in total. The average molecular weight is 375 g/mol. The minimum Gasteiger partial charge on any atom is -0.480 e. The van der Waals surface area contributed by atoms with Crippen molar-refractivity contribution in [1.82, 2.24) is 0 Å². The molecule has 1 amide bonds. The van der Waals surface area contributed by atoms with Gasteiger partial charge in [-0.2, -0.15) is 0 Å². The molecule has 0 heterocycles. The molecule has 0 aliphatic carbocycles. The number of hydrogen-bond donors (Lipinski definition) is 1. The molecule has 0 bridgehead atoms. The van der Waals surface area contributed by atoms with Crippen molar-refractivity contribution < 1.29 is 14.3 Å². The van der Waals surface area contributed by atoms with Crippen molar-refractivity contribution in [3.05, 3.63) is 83.9 Å². The maximum atomic E-state index is 12.6. The van der Waals surface area contributed by atoms with Crippen molar-refractivity contribution in [3.8, 4) is 17.2 Å². The van der Waals surface area contributed by atoms with E-state index in [1.165, 1.54) is 5.56 Å². The summed E-state index contributed by atoms with van der Waals surface area (Å²) in [5.74, 6) is 2.05. The Morgan fingerprint density at radius 2 is 1.61 bits per heavy atom. The monoisotopic (exact) mass is 375 g/mol. The Morgan fingerprint density at radius 1 is 0.929 bits per heavy atom. The van der Waals surface area contributed by atoms with Gasteiger partial charge in [0.25, 0.3) is 5.91 Å². The average Bonchev–Trinajstić information content (AvgIpc) is 2.69. The summed E-state index contributed by atoms with van der Waals surface area (Å²) < 4.78 is 11.7. The summed E-state index contributed by atoms with van der Waals surface area (Å²) in [5, 5.41) is 2.92. The van der Waals surface area contributed by atoms with E-state index in [0.29, 0.717) is 17.9 Å². The van der Waals surface area contributed by atoms with Gasteiger partial charge in [0.15, 0.2) is 6.10 Å². The lowest BCUT2D eigenvalue weighted by molar-refractivity contribution is -0.122. The molecule has 144 valence electrons. The Balaban J connectivity index is 1.62. The summed E-state index contributed by atoms with van der Waals surface area (Å²) >= 11 is 0. The van der Waals surface area contributed by atoms with Crippen LogP contribution in [0.25, 0.3) is 0 Å². The van der Waals surface area contributed by atoms with Gasteiger partial charge in [0.2, 0.25) is 0 Å². The first-order chi connectivity index (χ1) is 13.5. The summed E-state index contributed by atoms with van der Waals surface area (Å²) in [6.45, 7) is 5.95. The molecular weight excluding hydrogens is 350 g/mol. The highest BCUT2D eigenvalue weighted by Gasteiger charge is 2.19. The summed E-state index contributed by atoms with van der Waals surface area (Å²) in [6.07, 6.45) is 0.0237. The van der Waals surface area contributed by atoms with E-state index in [-0.39, 0.29) is 5.91 Å². The third-order valence-electron chi connectivity index (χ3n) is 4.36. The van der Waals surface area contributed by atoms with Gasteiger partial charge in [-0.3, -0.25) is 4.79 Å². The van der Waals surface area contributed by atoms with Crippen LogP contribution in [0.3, 0.4) is 0 Å². The fourth-order valence-electron chi connectivity index (χ4n) is 2.86. The summed E-state index contributed by atoms with van der Waals surface area (Å²) in [6, 6.07) is 22.8. The van der Waals surface area contributed by atoms with E-state index in [4.69, 9.17) is 9.47 Å². The smallest absolute Gasteiger partial charge is 0.265 e. The minimum atomic E-state index is -0.554. The second-order valence-electron chi connectivity index (χ2n) is 6.71. The number of rotatable bonds is 7. The molecular formula is C24H25NO3. The topological polar surface area (TPSA) is 47.6 Å². The van der Waals surface area contributed by atoms with Crippen LogP contribution in [0.5, 0.6) is 17.2 Å². The van der Waals surface area contributed by atoms with Crippen LogP contribution < -0.4 is 14.8 Å². The van der Waals surface area contributed by atoms with Gasteiger partial charge >= 0.3 is 0 Å². The van der Waals surface area contributed by atoms with Crippen LogP contribution in [0.1, 0.15) is 24.5 Å². The van der Waals surface area contributed by atoms with E-state index in [0.717, 1.165) is 17.1 Å². The molecule has 0 aliphatic heterocycles. The number of nitrogens with one attached hydrogen (secondary N) is 1. The zero-order chi connectivity index (χ0) is 19.9. The van der Waals surface area contributed by atoms with E-state index >= 15 is 0 Å². The summed E-state index contributed by atoms with van der Waals surface area (Å²) in [5.41, 5.74) is 2.89. The lowest BCUT2D eigenvalue weighted by Gasteiger charge is -2.19. The highest BCUT2D eigenvalue weighted by molar-refractivity contribution is 5.94. The molecule has 0 saturated heterocycles. The van der Waals surface area contributed by atoms with Crippen molar-refractivity contribution >= 4 is 11.6 Å². The van der Waals surface area contributed by atoms with Crippen molar-refractivity contribution in [2.24, 2.45) is 0 Å². The van der Waals surface area contributed by atoms with Gasteiger partial charge in [-0.15, -0.1) is 0 Å². The molecule has 0 aliphatic rings. The first-order valence-electron chi connectivity index (χ1n) is 9.43. The summed E-state index contributed by atoms with van der Waals surface area (Å²) in [7, 11) is 0. The van der Waals surface area contributed by atoms with Gasteiger partial charge in [-0.05, 0) is 68.3 Å². The van der Waals surface area contributed by atoms with Gasteiger partial charge in [-0.1, -0.05) is 42.8 Å². The van der Waals surface area contributed by atoms with Crippen LogP contribution in [-0.2, 0) is 4.79 Å². The van der Waals surface area contributed by atoms with E-state index in [2.05, 4.69) is 5.32 Å². The number of hydrogen-bond acceptors (Lipinski definition) is 3. The van der Waals surface area contributed by atoms with Crippen LogP contribution in [-0.4, -0.2) is 12.0 Å². The van der Waals surface area contributed by atoms with Gasteiger partial charge < -0.3 is 14.8 Å². The van der Waals surface area contributed by atoms with Crippen molar-refractivity contribution in [2.45, 2.75) is 33.3 Å². The molecule has 0 spiro atoms.